The fourth-order valence-corrected chi connectivity index (χ4v) is 5.51. The van der Waals surface area contributed by atoms with Crippen LogP contribution in [0.4, 0.5) is 5.69 Å². The van der Waals surface area contributed by atoms with Crippen LogP contribution in [-0.4, -0.2) is 37.4 Å². The van der Waals surface area contributed by atoms with E-state index in [1.54, 1.807) is 18.2 Å². The normalized spacial score (nSPS) is 13.5. The lowest BCUT2D eigenvalue weighted by molar-refractivity contribution is -0.115. The van der Waals surface area contributed by atoms with Gasteiger partial charge in [0.1, 0.15) is 0 Å². The average molecular weight is 455 g/mol. The summed E-state index contributed by atoms with van der Waals surface area (Å²) in [5.41, 5.74) is 2.75. The van der Waals surface area contributed by atoms with Gasteiger partial charge in [0.2, 0.25) is 5.91 Å². The van der Waals surface area contributed by atoms with Crippen molar-refractivity contribution in [1.82, 2.24) is 4.90 Å². The minimum atomic E-state index is -3.50. The van der Waals surface area contributed by atoms with Crippen molar-refractivity contribution in [3.63, 3.8) is 0 Å². The molecule has 0 bridgehead atoms. The fourth-order valence-electron chi connectivity index (χ4n) is 3.56. The number of nitrogens with one attached hydrogen (secondary N) is 1. The number of anilines is 1. The summed E-state index contributed by atoms with van der Waals surface area (Å²) in [6, 6.07) is 17.4. The van der Waals surface area contributed by atoms with Crippen molar-refractivity contribution in [2.75, 3.05) is 17.6 Å². The van der Waals surface area contributed by atoms with Gasteiger partial charge in [0, 0.05) is 25.2 Å². The predicted octanol–water partition coefficient (Wildman–Crippen LogP) is 3.75. The zero-order valence-corrected chi connectivity index (χ0v) is 18.4. The molecule has 0 saturated carbocycles. The predicted molar refractivity (Wildman–Crippen MR) is 121 cm³/mol. The third kappa shape index (κ3) is 5.03. The monoisotopic (exact) mass is 454 g/mol. The van der Waals surface area contributed by atoms with Gasteiger partial charge in [-0.25, -0.2) is 8.42 Å². The lowest BCUT2D eigenvalue weighted by Gasteiger charge is -2.29. The van der Waals surface area contributed by atoms with Gasteiger partial charge in [0.25, 0.3) is 5.91 Å². The van der Waals surface area contributed by atoms with Crippen LogP contribution in [0.3, 0.4) is 0 Å². The lowest BCUT2D eigenvalue weighted by Crippen LogP contribution is -2.35. The molecule has 2 heterocycles. The quantitative estimate of drug-likeness (QED) is 0.615. The van der Waals surface area contributed by atoms with Crippen LogP contribution in [0.2, 0.25) is 0 Å². The molecule has 0 fully saturated rings. The summed E-state index contributed by atoms with van der Waals surface area (Å²) in [5.74, 6) is -0.598. The third-order valence-electron chi connectivity index (χ3n) is 5.22. The number of nitrogens with zero attached hydrogens (tertiary/aromatic N) is 1. The number of carbonyl (C=O) groups excluding carboxylic acids is 2. The van der Waals surface area contributed by atoms with E-state index in [1.165, 1.54) is 23.5 Å². The summed E-state index contributed by atoms with van der Waals surface area (Å²) in [7, 11) is -3.50. The van der Waals surface area contributed by atoms with E-state index in [-0.39, 0.29) is 28.9 Å². The molecule has 4 rings (SSSR count). The highest BCUT2D eigenvalue weighted by Gasteiger charge is 2.23. The summed E-state index contributed by atoms with van der Waals surface area (Å²) in [5, 5.41) is 4.67. The molecule has 3 aromatic rings. The molecule has 0 saturated heterocycles. The van der Waals surface area contributed by atoms with Crippen molar-refractivity contribution in [3.05, 3.63) is 82.0 Å². The average Bonchev–Trinajstić information content (AvgIpc) is 3.32. The van der Waals surface area contributed by atoms with Gasteiger partial charge < -0.3 is 10.2 Å². The minimum Gasteiger partial charge on any atom is -0.333 e. The molecule has 160 valence electrons. The topological polar surface area (TPSA) is 83.6 Å². The van der Waals surface area contributed by atoms with E-state index >= 15 is 0 Å². The summed E-state index contributed by atoms with van der Waals surface area (Å²) >= 11 is 1.43. The Morgan fingerprint density at radius 2 is 1.81 bits per heavy atom. The number of thiophene rings is 1. The molecule has 1 N–H and O–H groups in total. The van der Waals surface area contributed by atoms with Crippen molar-refractivity contribution in [1.29, 1.82) is 0 Å². The van der Waals surface area contributed by atoms with Gasteiger partial charge in [0.15, 0.2) is 9.84 Å². The number of benzene rings is 2. The van der Waals surface area contributed by atoms with Crippen LogP contribution in [-0.2, 0) is 27.6 Å². The first-order chi connectivity index (χ1) is 14.9. The van der Waals surface area contributed by atoms with E-state index in [2.05, 4.69) is 5.32 Å². The maximum absolute atomic E-state index is 12.6. The summed E-state index contributed by atoms with van der Waals surface area (Å²) in [6.45, 7) is 1.14. The van der Waals surface area contributed by atoms with Crippen LogP contribution >= 0.6 is 11.3 Å². The number of amides is 2. The highest BCUT2D eigenvalue weighted by atomic mass is 32.2. The summed E-state index contributed by atoms with van der Waals surface area (Å²) in [4.78, 5) is 27.7. The highest BCUT2D eigenvalue weighted by molar-refractivity contribution is 7.91. The van der Waals surface area contributed by atoms with E-state index in [0.29, 0.717) is 23.7 Å². The van der Waals surface area contributed by atoms with Crippen LogP contribution in [0, 0.1) is 0 Å². The molecule has 8 heteroatoms. The zero-order chi connectivity index (χ0) is 21.8. The molecule has 1 aromatic heterocycles. The van der Waals surface area contributed by atoms with Crippen LogP contribution in [0.15, 0.2) is 70.9 Å². The van der Waals surface area contributed by atoms with E-state index in [0.717, 1.165) is 17.5 Å². The fraction of sp³-hybridized carbons (Fsp3) is 0.217. The smallest absolute Gasteiger partial charge is 0.264 e. The van der Waals surface area contributed by atoms with E-state index in [1.807, 2.05) is 40.6 Å². The Bertz CT molecular complexity index is 1190. The van der Waals surface area contributed by atoms with Gasteiger partial charge >= 0.3 is 0 Å². The van der Waals surface area contributed by atoms with Gasteiger partial charge in [-0.2, -0.15) is 0 Å². The Balaban J connectivity index is 1.38. The molecule has 0 atom stereocenters. The molecule has 0 aliphatic carbocycles. The van der Waals surface area contributed by atoms with Gasteiger partial charge in [-0.05, 0) is 53.3 Å². The largest absolute Gasteiger partial charge is 0.333 e. The second-order valence-corrected chi connectivity index (χ2v) is 10.4. The number of sulfone groups is 1. The van der Waals surface area contributed by atoms with Crippen LogP contribution in [0.1, 0.15) is 27.2 Å². The lowest BCUT2D eigenvalue weighted by atomic mass is 9.99. The molecule has 0 spiro atoms. The molecule has 1 aliphatic rings. The number of hydrogen-bond acceptors (Lipinski definition) is 5. The summed E-state index contributed by atoms with van der Waals surface area (Å²) < 4.78 is 24.7. The zero-order valence-electron chi connectivity index (χ0n) is 16.8. The van der Waals surface area contributed by atoms with Gasteiger partial charge in [-0.15, -0.1) is 11.3 Å². The first-order valence-corrected chi connectivity index (χ1v) is 12.5. The van der Waals surface area contributed by atoms with E-state index in [4.69, 9.17) is 0 Å². The standard InChI is InChI=1S/C23H22N2O4S2/c26-22(11-14-31(28,29)20-5-2-1-3-6-20)24-19-9-8-17-10-12-25(16-18(17)15-19)23(27)21-7-4-13-30-21/h1-9,13,15H,10-12,14,16H2,(H,24,26). The maximum atomic E-state index is 12.6. The van der Waals surface area contributed by atoms with E-state index in [9.17, 15) is 18.0 Å². The number of rotatable bonds is 6. The first-order valence-electron chi connectivity index (χ1n) is 9.94. The van der Waals surface area contributed by atoms with Crippen molar-refractivity contribution < 1.29 is 18.0 Å². The Labute approximate surface area is 185 Å². The molecule has 31 heavy (non-hydrogen) atoms. The molecular formula is C23H22N2O4S2. The molecular weight excluding hydrogens is 432 g/mol. The van der Waals surface area contributed by atoms with Crippen LogP contribution in [0.5, 0.6) is 0 Å². The van der Waals surface area contributed by atoms with E-state index < -0.39 is 9.84 Å². The Kier molecular flexibility index (Phi) is 6.20. The number of fused-ring (bicyclic) bond motifs is 1. The first kappa shape index (κ1) is 21.3. The van der Waals surface area contributed by atoms with Crippen molar-refractivity contribution in [2.24, 2.45) is 0 Å². The Hall–Kier alpha value is -2.97. The van der Waals surface area contributed by atoms with Crippen molar-refractivity contribution in [2.45, 2.75) is 24.3 Å². The minimum absolute atomic E-state index is 0.0150. The van der Waals surface area contributed by atoms with Crippen molar-refractivity contribution >= 4 is 38.7 Å². The highest BCUT2D eigenvalue weighted by Crippen LogP contribution is 2.25. The van der Waals surface area contributed by atoms with Gasteiger partial charge in [0.05, 0.1) is 15.5 Å². The Morgan fingerprint density at radius 3 is 2.55 bits per heavy atom. The molecule has 2 aromatic carbocycles. The van der Waals surface area contributed by atoms with Gasteiger partial charge in [-0.3, -0.25) is 9.59 Å². The second kappa shape index (κ2) is 9.03. The van der Waals surface area contributed by atoms with Crippen LogP contribution in [0.25, 0.3) is 0 Å². The summed E-state index contributed by atoms with van der Waals surface area (Å²) in [6.07, 6.45) is 0.632. The number of carbonyl (C=O) groups is 2. The molecule has 0 unspecified atom stereocenters. The molecule has 1 aliphatic heterocycles. The molecule has 2 amide bonds. The van der Waals surface area contributed by atoms with Crippen LogP contribution < -0.4 is 5.32 Å². The SMILES string of the molecule is O=C(CCS(=O)(=O)c1ccccc1)Nc1ccc2c(c1)CN(C(=O)c1cccs1)CC2. The third-order valence-corrected chi connectivity index (χ3v) is 7.81. The van der Waals surface area contributed by atoms with Crippen molar-refractivity contribution in [3.8, 4) is 0 Å². The second-order valence-electron chi connectivity index (χ2n) is 7.37. The number of hydrogen-bond donors (Lipinski definition) is 1. The maximum Gasteiger partial charge on any atom is 0.264 e. The molecule has 0 radical (unpaired) electrons. The molecule has 6 nitrogen and oxygen atoms in total. The van der Waals surface area contributed by atoms with Gasteiger partial charge in [-0.1, -0.05) is 30.3 Å². The Morgan fingerprint density at radius 1 is 1.00 bits per heavy atom.